The normalized spacial score (nSPS) is 12.2. The molecule has 19 heavy (non-hydrogen) atoms. The Balaban J connectivity index is 2.20. The lowest BCUT2D eigenvalue weighted by atomic mass is 10.2. The van der Waals surface area contributed by atoms with E-state index in [1.165, 1.54) is 6.07 Å². The van der Waals surface area contributed by atoms with Crippen LogP contribution in [0, 0.1) is 0 Å². The topological polar surface area (TPSA) is 58.9 Å². The van der Waals surface area contributed by atoms with Crippen LogP contribution in [0.2, 0.25) is 0 Å². The molecular formula is C12H5Br3O4. The average molecular weight is 453 g/mol. The van der Waals surface area contributed by atoms with Gasteiger partial charge in [0.15, 0.2) is 34.5 Å². The molecule has 1 aliphatic heterocycles. The van der Waals surface area contributed by atoms with Crippen molar-refractivity contribution in [1.29, 1.82) is 0 Å². The molecule has 0 amide bonds. The lowest BCUT2D eigenvalue weighted by Crippen LogP contribution is -2.00. The second-order valence-electron chi connectivity index (χ2n) is 3.80. The van der Waals surface area contributed by atoms with E-state index < -0.39 is 0 Å². The minimum absolute atomic E-state index is 0.240. The summed E-state index contributed by atoms with van der Waals surface area (Å²) in [5.41, 5.74) is 0. The van der Waals surface area contributed by atoms with Gasteiger partial charge in [0.2, 0.25) is 0 Å². The first kappa shape index (κ1) is 13.1. The van der Waals surface area contributed by atoms with Crippen molar-refractivity contribution < 1.29 is 19.7 Å². The van der Waals surface area contributed by atoms with Gasteiger partial charge in [-0.2, -0.15) is 0 Å². The summed E-state index contributed by atoms with van der Waals surface area (Å²) in [6.07, 6.45) is 0. The first-order valence-corrected chi connectivity index (χ1v) is 7.44. The minimum atomic E-state index is -0.292. The molecule has 0 saturated carbocycles. The molecule has 0 bridgehead atoms. The molecule has 0 unspecified atom stereocenters. The fraction of sp³-hybridized carbons (Fsp3) is 0. The van der Waals surface area contributed by atoms with Crippen molar-refractivity contribution in [2.24, 2.45) is 0 Å². The predicted molar refractivity (Wildman–Crippen MR) is 79.5 cm³/mol. The number of phenols is 2. The Kier molecular flexibility index (Phi) is 3.15. The van der Waals surface area contributed by atoms with Crippen LogP contribution in [-0.2, 0) is 0 Å². The lowest BCUT2D eigenvalue weighted by Gasteiger charge is -2.23. The lowest BCUT2D eigenvalue weighted by molar-refractivity contribution is 0.341. The first-order valence-electron chi connectivity index (χ1n) is 5.06. The Hall–Kier alpha value is -0.920. The van der Waals surface area contributed by atoms with E-state index in [4.69, 9.17) is 9.47 Å². The fourth-order valence-electron chi connectivity index (χ4n) is 1.69. The van der Waals surface area contributed by atoms with Gasteiger partial charge in [-0.15, -0.1) is 0 Å². The Morgan fingerprint density at radius 1 is 0.842 bits per heavy atom. The number of ether oxygens (including phenoxy) is 2. The van der Waals surface area contributed by atoms with Gasteiger partial charge in [0, 0.05) is 10.5 Å². The van der Waals surface area contributed by atoms with Gasteiger partial charge in [-0.1, -0.05) is 15.9 Å². The van der Waals surface area contributed by atoms with Gasteiger partial charge in [0.1, 0.15) is 4.47 Å². The zero-order chi connectivity index (χ0) is 13.7. The summed E-state index contributed by atoms with van der Waals surface area (Å²) >= 11 is 9.90. The molecule has 0 radical (unpaired) electrons. The van der Waals surface area contributed by atoms with Crippen molar-refractivity contribution in [3.63, 3.8) is 0 Å². The van der Waals surface area contributed by atoms with Crippen LogP contribution in [0.1, 0.15) is 0 Å². The van der Waals surface area contributed by atoms with Crippen LogP contribution in [0.3, 0.4) is 0 Å². The van der Waals surface area contributed by atoms with E-state index in [1.807, 2.05) is 6.07 Å². The molecule has 2 N–H and O–H groups in total. The van der Waals surface area contributed by atoms with Gasteiger partial charge in [-0.25, -0.2) is 0 Å². The summed E-state index contributed by atoms with van der Waals surface area (Å²) in [6.45, 7) is 0. The summed E-state index contributed by atoms with van der Waals surface area (Å²) in [4.78, 5) is 0. The summed E-state index contributed by atoms with van der Waals surface area (Å²) < 4.78 is 13.2. The predicted octanol–water partition coefficient (Wildman–Crippen LogP) is 5.28. The fourth-order valence-corrected chi connectivity index (χ4v) is 3.44. The molecule has 0 spiro atoms. The molecule has 7 heteroatoms. The quantitative estimate of drug-likeness (QED) is 0.455. The van der Waals surface area contributed by atoms with Crippen molar-refractivity contribution in [3.8, 4) is 34.5 Å². The summed E-state index contributed by atoms with van der Waals surface area (Å²) in [5.74, 6) is 1.06. The van der Waals surface area contributed by atoms with Crippen LogP contribution in [0.15, 0.2) is 31.6 Å². The number of fused-ring (bicyclic) bond motifs is 2. The zero-order valence-corrected chi connectivity index (χ0v) is 13.8. The number of hydrogen-bond acceptors (Lipinski definition) is 4. The van der Waals surface area contributed by atoms with E-state index >= 15 is 0 Å². The van der Waals surface area contributed by atoms with Gasteiger partial charge in [-0.05, 0) is 44.0 Å². The van der Waals surface area contributed by atoms with Crippen LogP contribution in [0.5, 0.6) is 34.5 Å². The minimum Gasteiger partial charge on any atom is -0.504 e. The van der Waals surface area contributed by atoms with Gasteiger partial charge in [-0.3, -0.25) is 0 Å². The summed E-state index contributed by atoms with van der Waals surface area (Å²) in [7, 11) is 0. The second kappa shape index (κ2) is 4.57. The van der Waals surface area contributed by atoms with Crippen molar-refractivity contribution in [3.05, 3.63) is 31.6 Å². The molecule has 0 fully saturated rings. The number of phenolic OH excluding ortho intramolecular Hbond substituents is 2. The summed E-state index contributed by atoms with van der Waals surface area (Å²) in [5, 5.41) is 19.3. The van der Waals surface area contributed by atoms with Crippen molar-refractivity contribution >= 4 is 47.8 Å². The SMILES string of the molecule is Oc1cc2c(c(Br)c1O)Oc1cc(Br)cc(Br)c1O2. The highest BCUT2D eigenvalue weighted by Crippen LogP contribution is 2.55. The molecule has 1 aliphatic rings. The van der Waals surface area contributed by atoms with Gasteiger partial charge < -0.3 is 19.7 Å². The van der Waals surface area contributed by atoms with E-state index in [0.717, 1.165) is 4.47 Å². The average Bonchev–Trinajstić information content (AvgIpc) is 2.35. The number of benzene rings is 2. The summed E-state index contributed by atoms with van der Waals surface area (Å²) in [6, 6.07) is 4.87. The highest BCUT2D eigenvalue weighted by Gasteiger charge is 2.27. The van der Waals surface area contributed by atoms with E-state index in [9.17, 15) is 10.2 Å². The monoisotopic (exact) mass is 450 g/mol. The Morgan fingerprint density at radius 3 is 2.21 bits per heavy atom. The van der Waals surface area contributed by atoms with E-state index in [-0.39, 0.29) is 16.0 Å². The maximum atomic E-state index is 9.67. The van der Waals surface area contributed by atoms with Gasteiger partial charge in [0.25, 0.3) is 0 Å². The van der Waals surface area contributed by atoms with Crippen molar-refractivity contribution in [2.75, 3.05) is 0 Å². The number of hydrogen-bond donors (Lipinski definition) is 2. The van der Waals surface area contributed by atoms with E-state index in [0.29, 0.717) is 27.5 Å². The Morgan fingerprint density at radius 2 is 1.47 bits per heavy atom. The van der Waals surface area contributed by atoms with Crippen LogP contribution >= 0.6 is 47.8 Å². The maximum Gasteiger partial charge on any atom is 0.188 e. The third kappa shape index (κ3) is 2.09. The Bertz CT molecular complexity index is 700. The molecule has 0 atom stereocenters. The molecule has 4 nitrogen and oxygen atoms in total. The van der Waals surface area contributed by atoms with Crippen molar-refractivity contribution in [1.82, 2.24) is 0 Å². The van der Waals surface area contributed by atoms with Gasteiger partial charge >= 0.3 is 0 Å². The molecular weight excluding hydrogens is 448 g/mol. The van der Waals surface area contributed by atoms with Crippen LogP contribution in [0.4, 0.5) is 0 Å². The maximum absolute atomic E-state index is 9.67. The molecule has 98 valence electrons. The molecule has 2 aromatic carbocycles. The Labute approximate surface area is 133 Å². The van der Waals surface area contributed by atoms with Crippen LogP contribution in [-0.4, -0.2) is 10.2 Å². The number of halogens is 3. The van der Waals surface area contributed by atoms with Crippen LogP contribution < -0.4 is 9.47 Å². The third-order valence-electron chi connectivity index (χ3n) is 2.54. The number of rotatable bonds is 0. The molecule has 0 saturated heterocycles. The molecule has 0 aliphatic carbocycles. The van der Waals surface area contributed by atoms with Crippen molar-refractivity contribution in [2.45, 2.75) is 0 Å². The van der Waals surface area contributed by atoms with Gasteiger partial charge in [0.05, 0.1) is 4.47 Å². The third-order valence-corrected chi connectivity index (χ3v) is 4.32. The standard InChI is InChI=1S/C12H5Br3O4/c13-4-1-5(14)11-7(2-4)19-12-8(18-11)3-6(16)10(17)9(12)15/h1-3,16-17H. The molecule has 1 heterocycles. The second-order valence-corrected chi connectivity index (χ2v) is 6.37. The molecule has 3 rings (SSSR count). The first-order chi connectivity index (χ1) is 8.97. The highest BCUT2D eigenvalue weighted by molar-refractivity contribution is 9.11. The highest BCUT2D eigenvalue weighted by atomic mass is 79.9. The van der Waals surface area contributed by atoms with E-state index in [1.54, 1.807) is 6.07 Å². The number of aromatic hydroxyl groups is 2. The smallest absolute Gasteiger partial charge is 0.188 e. The zero-order valence-electron chi connectivity index (χ0n) is 9.08. The molecule has 2 aromatic rings. The largest absolute Gasteiger partial charge is 0.504 e. The molecule has 0 aromatic heterocycles. The van der Waals surface area contributed by atoms with E-state index in [2.05, 4.69) is 47.8 Å². The van der Waals surface area contributed by atoms with Crippen LogP contribution in [0.25, 0.3) is 0 Å².